The Morgan fingerprint density at radius 1 is 1.60 bits per heavy atom. The first-order valence-corrected chi connectivity index (χ1v) is 4.43. The molecule has 58 valence electrons. The van der Waals surface area contributed by atoms with Crippen LogP contribution in [0.3, 0.4) is 0 Å². The number of alkyl halides is 1. The average Bonchev–Trinajstić information content (AvgIpc) is 2.15. The Balaban J connectivity index is 2.33. The molecule has 1 rings (SSSR count). The third kappa shape index (κ3) is 1.97. The fourth-order valence-corrected chi connectivity index (χ4v) is 1.92. The first-order chi connectivity index (χ1) is 4.70. The number of hydrogen-bond acceptors (Lipinski definition) is 2. The number of halogens is 1. The maximum atomic E-state index is 10.5. The van der Waals surface area contributed by atoms with Crippen molar-refractivity contribution in [3.63, 3.8) is 0 Å². The molecular weight excluding hydrogens is 196 g/mol. The van der Waals surface area contributed by atoms with Crippen LogP contribution in [0.25, 0.3) is 0 Å². The van der Waals surface area contributed by atoms with Crippen LogP contribution in [-0.4, -0.2) is 16.9 Å². The van der Waals surface area contributed by atoms with Gasteiger partial charge in [0.15, 0.2) is 0 Å². The molecule has 1 saturated carbocycles. The van der Waals surface area contributed by atoms with Crippen molar-refractivity contribution < 1.29 is 9.53 Å². The molecule has 1 fully saturated rings. The summed E-state index contributed by atoms with van der Waals surface area (Å²) in [5.74, 6) is -0.170. The predicted molar refractivity (Wildman–Crippen MR) is 42.1 cm³/mol. The minimum atomic E-state index is -0.170. The molecule has 0 aromatic carbocycles. The van der Waals surface area contributed by atoms with Crippen LogP contribution in [0.1, 0.15) is 26.2 Å². The molecule has 0 spiro atoms. The van der Waals surface area contributed by atoms with Gasteiger partial charge in [-0.2, -0.15) is 0 Å². The van der Waals surface area contributed by atoms with Crippen LogP contribution >= 0.6 is 15.9 Å². The lowest BCUT2D eigenvalue weighted by Gasteiger charge is -2.12. The van der Waals surface area contributed by atoms with Crippen LogP contribution in [0.15, 0.2) is 0 Å². The van der Waals surface area contributed by atoms with Crippen molar-refractivity contribution in [1.82, 2.24) is 0 Å². The molecule has 0 radical (unpaired) electrons. The van der Waals surface area contributed by atoms with Crippen LogP contribution < -0.4 is 0 Å². The van der Waals surface area contributed by atoms with Crippen molar-refractivity contribution in [1.29, 1.82) is 0 Å². The summed E-state index contributed by atoms with van der Waals surface area (Å²) in [6.45, 7) is 1.46. The maximum absolute atomic E-state index is 10.5. The summed E-state index contributed by atoms with van der Waals surface area (Å²) >= 11 is 3.46. The van der Waals surface area contributed by atoms with E-state index in [1.165, 1.54) is 6.92 Å². The summed E-state index contributed by atoms with van der Waals surface area (Å²) in [6, 6.07) is 0. The molecule has 0 aromatic heterocycles. The summed E-state index contributed by atoms with van der Waals surface area (Å²) < 4.78 is 5.04. The van der Waals surface area contributed by atoms with E-state index in [1.54, 1.807) is 0 Å². The van der Waals surface area contributed by atoms with E-state index in [-0.39, 0.29) is 12.1 Å². The van der Waals surface area contributed by atoms with Gasteiger partial charge in [-0.1, -0.05) is 15.9 Å². The molecule has 0 unspecified atom stereocenters. The van der Waals surface area contributed by atoms with Crippen molar-refractivity contribution >= 4 is 21.9 Å². The van der Waals surface area contributed by atoms with Gasteiger partial charge in [0.25, 0.3) is 0 Å². The lowest BCUT2D eigenvalue weighted by atomic mass is 10.3. The highest BCUT2D eigenvalue weighted by atomic mass is 79.9. The van der Waals surface area contributed by atoms with E-state index in [2.05, 4.69) is 15.9 Å². The van der Waals surface area contributed by atoms with Gasteiger partial charge in [0.2, 0.25) is 0 Å². The average molecular weight is 207 g/mol. The molecule has 1 aliphatic carbocycles. The predicted octanol–water partition coefficient (Wildman–Crippen LogP) is 1.87. The highest BCUT2D eigenvalue weighted by Gasteiger charge is 2.26. The van der Waals surface area contributed by atoms with Crippen molar-refractivity contribution in [3.05, 3.63) is 0 Å². The Morgan fingerprint density at radius 2 is 2.30 bits per heavy atom. The van der Waals surface area contributed by atoms with Gasteiger partial charge in [-0.15, -0.1) is 0 Å². The molecular formula is C7H11BrO2. The van der Waals surface area contributed by atoms with Gasteiger partial charge in [-0.25, -0.2) is 0 Å². The SMILES string of the molecule is CC(=O)O[C@H]1CCC[C@H]1Br. The van der Waals surface area contributed by atoms with E-state index < -0.39 is 0 Å². The molecule has 2 nitrogen and oxygen atoms in total. The molecule has 10 heavy (non-hydrogen) atoms. The summed E-state index contributed by atoms with van der Waals surface area (Å²) in [5.41, 5.74) is 0. The second-order valence-electron chi connectivity index (χ2n) is 2.59. The molecule has 0 heterocycles. The standard InChI is InChI=1S/C7H11BrO2/c1-5(9)10-7-4-2-3-6(7)8/h6-7H,2-4H2,1H3/t6-,7+/m1/s1. The molecule has 0 amide bonds. The van der Waals surface area contributed by atoms with Crippen LogP contribution in [0.5, 0.6) is 0 Å². The molecule has 0 bridgehead atoms. The molecule has 1 aliphatic rings. The van der Waals surface area contributed by atoms with Gasteiger partial charge in [0, 0.05) is 6.92 Å². The Bertz CT molecular complexity index is 136. The Morgan fingerprint density at radius 3 is 2.70 bits per heavy atom. The van der Waals surface area contributed by atoms with Crippen molar-refractivity contribution in [2.45, 2.75) is 37.1 Å². The maximum Gasteiger partial charge on any atom is 0.302 e. The molecule has 3 heteroatoms. The Hall–Kier alpha value is -0.0500. The molecule has 0 N–H and O–H groups in total. The first-order valence-electron chi connectivity index (χ1n) is 3.51. The quantitative estimate of drug-likeness (QED) is 0.484. The third-order valence-electron chi connectivity index (χ3n) is 1.69. The van der Waals surface area contributed by atoms with E-state index in [9.17, 15) is 4.79 Å². The summed E-state index contributed by atoms with van der Waals surface area (Å²) in [7, 11) is 0. The minimum Gasteiger partial charge on any atom is -0.461 e. The Kier molecular flexibility index (Phi) is 2.72. The largest absolute Gasteiger partial charge is 0.461 e. The number of carbonyl (C=O) groups is 1. The number of hydrogen-bond donors (Lipinski definition) is 0. The third-order valence-corrected chi connectivity index (χ3v) is 2.74. The number of rotatable bonds is 1. The fourth-order valence-electron chi connectivity index (χ4n) is 1.23. The number of esters is 1. The van der Waals surface area contributed by atoms with Gasteiger partial charge in [0.05, 0.1) is 4.83 Å². The van der Waals surface area contributed by atoms with E-state index in [0.717, 1.165) is 19.3 Å². The molecule has 0 saturated heterocycles. The lowest BCUT2D eigenvalue weighted by molar-refractivity contribution is -0.145. The normalized spacial score (nSPS) is 32.2. The molecule has 2 atom stereocenters. The zero-order valence-electron chi connectivity index (χ0n) is 5.97. The first kappa shape index (κ1) is 8.05. The van der Waals surface area contributed by atoms with Gasteiger partial charge >= 0.3 is 5.97 Å². The summed E-state index contributed by atoms with van der Waals surface area (Å²) in [6.07, 6.45) is 3.42. The van der Waals surface area contributed by atoms with Gasteiger partial charge in [-0.05, 0) is 19.3 Å². The monoisotopic (exact) mass is 206 g/mol. The van der Waals surface area contributed by atoms with E-state index in [1.807, 2.05) is 0 Å². The fraction of sp³-hybridized carbons (Fsp3) is 0.857. The molecule has 0 aromatic rings. The highest BCUT2D eigenvalue weighted by molar-refractivity contribution is 9.09. The number of ether oxygens (including phenoxy) is 1. The zero-order valence-corrected chi connectivity index (χ0v) is 7.56. The lowest BCUT2D eigenvalue weighted by Crippen LogP contribution is -2.20. The van der Waals surface area contributed by atoms with Gasteiger partial charge in [-0.3, -0.25) is 4.79 Å². The Labute approximate surface area is 69.1 Å². The van der Waals surface area contributed by atoms with E-state index >= 15 is 0 Å². The van der Waals surface area contributed by atoms with Crippen molar-refractivity contribution in [2.75, 3.05) is 0 Å². The van der Waals surface area contributed by atoms with Crippen molar-refractivity contribution in [3.8, 4) is 0 Å². The smallest absolute Gasteiger partial charge is 0.302 e. The van der Waals surface area contributed by atoms with Crippen molar-refractivity contribution in [2.24, 2.45) is 0 Å². The van der Waals surface area contributed by atoms with Crippen LogP contribution in [0.2, 0.25) is 0 Å². The molecule has 0 aliphatic heterocycles. The number of carbonyl (C=O) groups excluding carboxylic acids is 1. The second kappa shape index (κ2) is 3.37. The second-order valence-corrected chi connectivity index (χ2v) is 3.77. The van der Waals surface area contributed by atoms with E-state index in [4.69, 9.17) is 4.74 Å². The minimum absolute atomic E-state index is 0.123. The zero-order chi connectivity index (χ0) is 7.56. The van der Waals surface area contributed by atoms with Gasteiger partial charge in [0.1, 0.15) is 6.10 Å². The van der Waals surface area contributed by atoms with Gasteiger partial charge < -0.3 is 4.74 Å². The highest BCUT2D eigenvalue weighted by Crippen LogP contribution is 2.27. The summed E-state index contributed by atoms with van der Waals surface area (Å²) in [4.78, 5) is 10.9. The summed E-state index contributed by atoms with van der Waals surface area (Å²) in [5, 5.41) is 0. The van der Waals surface area contributed by atoms with Crippen LogP contribution in [-0.2, 0) is 9.53 Å². The van der Waals surface area contributed by atoms with Crippen LogP contribution in [0, 0.1) is 0 Å². The topological polar surface area (TPSA) is 26.3 Å². The van der Waals surface area contributed by atoms with Crippen LogP contribution in [0.4, 0.5) is 0 Å². The van der Waals surface area contributed by atoms with E-state index in [0.29, 0.717) is 4.83 Å².